The molecule has 2 aromatic heterocycles. The van der Waals surface area contributed by atoms with Crippen LogP contribution in [0.3, 0.4) is 0 Å². The molecule has 0 spiro atoms. The van der Waals surface area contributed by atoms with Gasteiger partial charge in [-0.25, -0.2) is 4.98 Å². The standard InChI is InChI=1S/C12H7N3/c13-7-10-8-15-6-5-9-3-1-2-4-11(9)12(15)14-10/h1-6,8H. The van der Waals surface area contributed by atoms with E-state index in [1.165, 1.54) is 0 Å². The molecule has 1 aromatic carbocycles. The number of nitriles is 1. The molecule has 0 N–H and O–H groups in total. The Bertz CT molecular complexity index is 689. The van der Waals surface area contributed by atoms with Crippen LogP contribution < -0.4 is 0 Å². The van der Waals surface area contributed by atoms with Crippen molar-refractivity contribution in [2.45, 2.75) is 0 Å². The Hall–Kier alpha value is -2.34. The summed E-state index contributed by atoms with van der Waals surface area (Å²) in [6.45, 7) is 0. The van der Waals surface area contributed by atoms with E-state index < -0.39 is 0 Å². The number of fused-ring (bicyclic) bond motifs is 3. The molecular formula is C12H7N3. The van der Waals surface area contributed by atoms with Crippen LogP contribution in [0.1, 0.15) is 5.69 Å². The smallest absolute Gasteiger partial charge is 0.159 e. The monoisotopic (exact) mass is 193 g/mol. The molecule has 0 radical (unpaired) electrons. The summed E-state index contributed by atoms with van der Waals surface area (Å²) >= 11 is 0. The molecule has 0 atom stereocenters. The Morgan fingerprint density at radius 2 is 2.07 bits per heavy atom. The highest BCUT2D eigenvalue weighted by molar-refractivity contribution is 5.93. The fourth-order valence-electron chi connectivity index (χ4n) is 1.77. The van der Waals surface area contributed by atoms with Crippen LogP contribution in [0.4, 0.5) is 0 Å². The van der Waals surface area contributed by atoms with Crippen LogP contribution in [-0.4, -0.2) is 9.38 Å². The molecule has 0 aliphatic carbocycles. The zero-order chi connectivity index (χ0) is 10.3. The van der Waals surface area contributed by atoms with Gasteiger partial charge in [-0.3, -0.25) is 0 Å². The average Bonchev–Trinajstić information content (AvgIpc) is 2.72. The minimum Gasteiger partial charge on any atom is -0.305 e. The van der Waals surface area contributed by atoms with Gasteiger partial charge < -0.3 is 4.40 Å². The van der Waals surface area contributed by atoms with Gasteiger partial charge >= 0.3 is 0 Å². The van der Waals surface area contributed by atoms with Crippen LogP contribution in [0, 0.1) is 11.3 Å². The SMILES string of the molecule is N#Cc1cn2ccc3ccccc3c2n1. The van der Waals surface area contributed by atoms with Gasteiger partial charge in [0.05, 0.1) is 0 Å². The molecule has 15 heavy (non-hydrogen) atoms. The number of hydrogen-bond acceptors (Lipinski definition) is 2. The third-order valence-corrected chi connectivity index (χ3v) is 2.46. The lowest BCUT2D eigenvalue weighted by molar-refractivity contribution is 1.20. The molecule has 0 amide bonds. The third-order valence-electron chi connectivity index (χ3n) is 2.46. The van der Waals surface area contributed by atoms with Gasteiger partial charge in [0.2, 0.25) is 0 Å². The van der Waals surface area contributed by atoms with Crippen molar-refractivity contribution in [1.82, 2.24) is 9.38 Å². The highest BCUT2D eigenvalue weighted by Crippen LogP contribution is 2.18. The molecule has 70 valence electrons. The second-order valence-electron chi connectivity index (χ2n) is 3.37. The molecule has 3 nitrogen and oxygen atoms in total. The molecule has 0 unspecified atom stereocenters. The number of hydrogen-bond donors (Lipinski definition) is 0. The Labute approximate surface area is 86.2 Å². The predicted molar refractivity (Wildman–Crippen MR) is 57.4 cm³/mol. The molecule has 2 heterocycles. The maximum absolute atomic E-state index is 8.78. The summed E-state index contributed by atoms with van der Waals surface area (Å²) in [4.78, 5) is 4.26. The summed E-state index contributed by atoms with van der Waals surface area (Å²) in [5, 5.41) is 11.0. The van der Waals surface area contributed by atoms with Gasteiger partial charge in [-0.2, -0.15) is 5.26 Å². The second-order valence-corrected chi connectivity index (χ2v) is 3.37. The van der Waals surface area contributed by atoms with Crippen molar-refractivity contribution in [2.75, 3.05) is 0 Å². The lowest BCUT2D eigenvalue weighted by Crippen LogP contribution is -1.83. The molecule has 3 aromatic rings. The van der Waals surface area contributed by atoms with Gasteiger partial charge in [0.1, 0.15) is 11.7 Å². The van der Waals surface area contributed by atoms with E-state index in [0.29, 0.717) is 5.69 Å². The van der Waals surface area contributed by atoms with E-state index >= 15 is 0 Å². The van der Waals surface area contributed by atoms with Crippen LogP contribution in [0.5, 0.6) is 0 Å². The quantitative estimate of drug-likeness (QED) is 0.550. The largest absolute Gasteiger partial charge is 0.305 e. The topological polar surface area (TPSA) is 41.1 Å². The Morgan fingerprint density at radius 1 is 1.20 bits per heavy atom. The van der Waals surface area contributed by atoms with E-state index in [-0.39, 0.29) is 0 Å². The van der Waals surface area contributed by atoms with Crippen LogP contribution in [0.2, 0.25) is 0 Å². The van der Waals surface area contributed by atoms with Gasteiger partial charge in [-0.05, 0) is 11.5 Å². The first-order valence-corrected chi connectivity index (χ1v) is 4.65. The lowest BCUT2D eigenvalue weighted by Gasteiger charge is -1.98. The first kappa shape index (κ1) is 8.01. The molecule has 0 fully saturated rings. The third kappa shape index (κ3) is 1.09. The summed E-state index contributed by atoms with van der Waals surface area (Å²) in [6, 6.07) is 12.1. The predicted octanol–water partition coefficient (Wildman–Crippen LogP) is 2.36. The van der Waals surface area contributed by atoms with Crippen molar-refractivity contribution < 1.29 is 0 Å². The highest BCUT2D eigenvalue weighted by atomic mass is 15.0. The number of nitrogens with zero attached hydrogens (tertiary/aromatic N) is 3. The normalized spacial score (nSPS) is 10.6. The van der Waals surface area contributed by atoms with Gasteiger partial charge in [0.15, 0.2) is 5.69 Å². The van der Waals surface area contributed by atoms with E-state index in [1.54, 1.807) is 6.20 Å². The molecule has 3 rings (SSSR count). The van der Waals surface area contributed by atoms with Crippen LogP contribution in [0.25, 0.3) is 16.4 Å². The van der Waals surface area contributed by atoms with Crippen molar-refractivity contribution >= 4 is 16.4 Å². The summed E-state index contributed by atoms with van der Waals surface area (Å²) < 4.78 is 1.88. The zero-order valence-corrected chi connectivity index (χ0v) is 7.88. The summed E-state index contributed by atoms with van der Waals surface area (Å²) in [5.74, 6) is 0. The van der Waals surface area contributed by atoms with Gasteiger partial charge in [0.25, 0.3) is 0 Å². The van der Waals surface area contributed by atoms with Crippen molar-refractivity contribution in [3.8, 4) is 6.07 Å². The van der Waals surface area contributed by atoms with Gasteiger partial charge in [0, 0.05) is 17.8 Å². The zero-order valence-electron chi connectivity index (χ0n) is 7.88. The molecule has 3 heteroatoms. The molecule has 0 saturated carbocycles. The van der Waals surface area contributed by atoms with E-state index in [1.807, 2.05) is 47.0 Å². The first-order valence-electron chi connectivity index (χ1n) is 4.65. The average molecular weight is 193 g/mol. The van der Waals surface area contributed by atoms with Crippen molar-refractivity contribution in [3.63, 3.8) is 0 Å². The molecular weight excluding hydrogens is 186 g/mol. The Balaban J connectivity index is 2.54. The number of imidazole rings is 1. The summed E-state index contributed by atoms with van der Waals surface area (Å²) in [6.07, 6.45) is 3.66. The highest BCUT2D eigenvalue weighted by Gasteiger charge is 2.03. The first-order chi connectivity index (χ1) is 7.38. The second kappa shape index (κ2) is 2.82. The van der Waals surface area contributed by atoms with Crippen LogP contribution in [-0.2, 0) is 0 Å². The van der Waals surface area contributed by atoms with E-state index in [4.69, 9.17) is 5.26 Å². The number of benzene rings is 1. The van der Waals surface area contributed by atoms with E-state index in [2.05, 4.69) is 4.98 Å². The lowest BCUT2D eigenvalue weighted by atomic mass is 10.2. The van der Waals surface area contributed by atoms with Crippen LogP contribution in [0.15, 0.2) is 42.7 Å². The number of aromatic nitrogens is 2. The number of pyridine rings is 1. The van der Waals surface area contributed by atoms with Gasteiger partial charge in [-0.15, -0.1) is 0 Å². The Morgan fingerprint density at radius 3 is 2.93 bits per heavy atom. The van der Waals surface area contributed by atoms with Crippen molar-refractivity contribution in [3.05, 3.63) is 48.4 Å². The number of rotatable bonds is 0. The minimum absolute atomic E-state index is 0.450. The summed E-state index contributed by atoms with van der Waals surface area (Å²) in [5.41, 5.74) is 1.29. The van der Waals surface area contributed by atoms with Crippen molar-refractivity contribution in [1.29, 1.82) is 5.26 Å². The molecule has 0 bridgehead atoms. The molecule has 0 aliphatic heterocycles. The van der Waals surface area contributed by atoms with E-state index in [0.717, 1.165) is 16.4 Å². The minimum atomic E-state index is 0.450. The molecule has 0 aliphatic rings. The molecule has 0 saturated heterocycles. The van der Waals surface area contributed by atoms with Crippen molar-refractivity contribution in [2.24, 2.45) is 0 Å². The summed E-state index contributed by atoms with van der Waals surface area (Å²) in [7, 11) is 0. The Kier molecular flexibility index (Phi) is 1.51. The fourth-order valence-corrected chi connectivity index (χ4v) is 1.77. The van der Waals surface area contributed by atoms with E-state index in [9.17, 15) is 0 Å². The maximum Gasteiger partial charge on any atom is 0.159 e. The van der Waals surface area contributed by atoms with Crippen LogP contribution >= 0.6 is 0 Å². The van der Waals surface area contributed by atoms with Gasteiger partial charge in [-0.1, -0.05) is 24.3 Å². The fraction of sp³-hybridized carbons (Fsp3) is 0. The maximum atomic E-state index is 8.78.